The summed E-state index contributed by atoms with van der Waals surface area (Å²) in [6, 6.07) is 8.40. The third-order valence-corrected chi connectivity index (χ3v) is 3.64. The minimum absolute atomic E-state index is 0.271. The Labute approximate surface area is 142 Å². The summed E-state index contributed by atoms with van der Waals surface area (Å²) in [5.41, 5.74) is 1.23. The molecule has 23 heavy (non-hydrogen) atoms. The second-order valence-electron chi connectivity index (χ2n) is 4.67. The van der Waals surface area contributed by atoms with Gasteiger partial charge >= 0.3 is 0 Å². The lowest BCUT2D eigenvalue weighted by Crippen LogP contribution is -2.23. The van der Waals surface area contributed by atoms with Gasteiger partial charge in [-0.1, -0.05) is 29.3 Å². The fraction of sp³-hybridized carbons (Fsp3) is 0.0667. The third kappa shape index (κ3) is 3.67. The fourth-order valence-electron chi connectivity index (χ4n) is 1.93. The van der Waals surface area contributed by atoms with Gasteiger partial charge in [-0.15, -0.1) is 0 Å². The van der Waals surface area contributed by atoms with Crippen LogP contribution >= 0.6 is 23.2 Å². The van der Waals surface area contributed by atoms with Crippen LogP contribution in [0.15, 0.2) is 49.2 Å². The highest BCUT2D eigenvalue weighted by molar-refractivity contribution is 6.36. The van der Waals surface area contributed by atoms with Gasteiger partial charge in [0.2, 0.25) is 0 Å². The molecule has 0 bridgehead atoms. The second-order valence-corrected chi connectivity index (χ2v) is 5.52. The number of halogens is 2. The molecule has 1 aromatic carbocycles. The molecule has 0 fully saturated rings. The summed E-state index contributed by atoms with van der Waals surface area (Å²) in [6.07, 6.45) is 4.67. The third-order valence-electron chi connectivity index (χ3n) is 3.09. The summed E-state index contributed by atoms with van der Waals surface area (Å²) in [4.78, 5) is 20.3. The van der Waals surface area contributed by atoms with E-state index in [1.54, 1.807) is 35.4 Å². The van der Waals surface area contributed by atoms with Crippen LogP contribution in [0.3, 0.4) is 0 Å². The number of hydrogen-bond acceptors (Lipinski definition) is 4. The van der Waals surface area contributed by atoms with Gasteiger partial charge in [0.05, 0.1) is 10.6 Å². The molecule has 6 nitrogen and oxygen atoms in total. The van der Waals surface area contributed by atoms with Crippen LogP contribution in [0.5, 0.6) is 0 Å². The highest BCUT2D eigenvalue weighted by atomic mass is 35.5. The molecule has 0 radical (unpaired) electrons. The van der Waals surface area contributed by atoms with Crippen molar-refractivity contribution in [1.29, 1.82) is 0 Å². The molecule has 1 amide bonds. The summed E-state index contributed by atoms with van der Waals surface area (Å²) >= 11 is 11.8. The number of hydrogen-bond donors (Lipinski definition) is 1. The quantitative estimate of drug-likeness (QED) is 0.787. The number of aromatic nitrogens is 4. The largest absolute Gasteiger partial charge is 0.348 e. The minimum Gasteiger partial charge on any atom is -0.348 e. The molecule has 0 aliphatic heterocycles. The zero-order valence-electron chi connectivity index (χ0n) is 11.8. The van der Waals surface area contributed by atoms with E-state index in [1.165, 1.54) is 12.4 Å². The highest BCUT2D eigenvalue weighted by Gasteiger charge is 2.10. The van der Waals surface area contributed by atoms with E-state index < -0.39 is 0 Å². The smallest absolute Gasteiger partial charge is 0.253 e. The number of carbonyl (C=O) groups excluding carboxylic acids is 1. The molecular weight excluding hydrogens is 337 g/mol. The number of nitrogens with zero attached hydrogens (tertiary/aromatic N) is 4. The van der Waals surface area contributed by atoms with Crippen LogP contribution < -0.4 is 5.32 Å². The predicted octanol–water partition coefficient (Wildman–Crippen LogP) is 2.90. The van der Waals surface area contributed by atoms with Crippen molar-refractivity contribution in [2.45, 2.75) is 6.54 Å². The highest BCUT2D eigenvalue weighted by Crippen LogP contribution is 2.20. The van der Waals surface area contributed by atoms with Gasteiger partial charge in [0.25, 0.3) is 5.91 Å². The van der Waals surface area contributed by atoms with Gasteiger partial charge in [0.15, 0.2) is 5.82 Å². The predicted molar refractivity (Wildman–Crippen MR) is 86.8 cm³/mol. The first-order chi connectivity index (χ1) is 11.1. The van der Waals surface area contributed by atoms with E-state index in [0.717, 1.165) is 5.56 Å². The molecule has 0 aliphatic rings. The maximum absolute atomic E-state index is 12.1. The Kier molecular flexibility index (Phi) is 4.55. The van der Waals surface area contributed by atoms with E-state index in [1.807, 2.05) is 6.07 Å². The molecule has 0 aliphatic carbocycles. The van der Waals surface area contributed by atoms with E-state index in [4.69, 9.17) is 23.2 Å². The number of carbonyl (C=O) groups is 1. The summed E-state index contributed by atoms with van der Waals surface area (Å²) in [6.45, 7) is 0.336. The lowest BCUT2D eigenvalue weighted by molar-refractivity contribution is 0.0951. The Bertz CT molecular complexity index is 818. The molecular formula is C15H11Cl2N5O. The molecule has 2 heterocycles. The van der Waals surface area contributed by atoms with E-state index in [9.17, 15) is 4.79 Å². The molecule has 0 saturated heterocycles. The summed E-state index contributed by atoms with van der Waals surface area (Å²) in [7, 11) is 0. The molecule has 2 aromatic heterocycles. The summed E-state index contributed by atoms with van der Waals surface area (Å²) in [5.74, 6) is 0.380. The van der Waals surface area contributed by atoms with Gasteiger partial charge in [-0.3, -0.25) is 4.79 Å². The first-order valence-corrected chi connectivity index (χ1v) is 7.42. The number of rotatable bonds is 4. The molecule has 0 saturated carbocycles. The van der Waals surface area contributed by atoms with Gasteiger partial charge in [-0.05, 0) is 29.8 Å². The number of pyridine rings is 1. The van der Waals surface area contributed by atoms with E-state index in [0.29, 0.717) is 28.0 Å². The van der Waals surface area contributed by atoms with Gasteiger partial charge in [-0.2, -0.15) is 5.10 Å². The van der Waals surface area contributed by atoms with Crippen LogP contribution in [-0.2, 0) is 6.54 Å². The van der Waals surface area contributed by atoms with E-state index in [-0.39, 0.29) is 5.91 Å². The molecule has 0 atom stereocenters. The van der Waals surface area contributed by atoms with Crippen molar-refractivity contribution in [2.24, 2.45) is 0 Å². The van der Waals surface area contributed by atoms with Crippen LogP contribution in [0.25, 0.3) is 5.82 Å². The molecule has 0 unspecified atom stereocenters. The molecule has 3 aromatic rings. The molecule has 116 valence electrons. The normalized spacial score (nSPS) is 10.5. The first-order valence-electron chi connectivity index (χ1n) is 6.66. The monoisotopic (exact) mass is 347 g/mol. The SMILES string of the molecule is O=C(NCc1ccc(-n2cncn2)nc1)c1ccc(Cl)cc1Cl. The van der Waals surface area contributed by atoms with Gasteiger partial charge < -0.3 is 5.32 Å². The zero-order chi connectivity index (χ0) is 16.2. The maximum Gasteiger partial charge on any atom is 0.253 e. The van der Waals surface area contributed by atoms with Crippen molar-refractivity contribution in [3.63, 3.8) is 0 Å². The molecule has 1 N–H and O–H groups in total. The van der Waals surface area contributed by atoms with Crippen LogP contribution in [-0.4, -0.2) is 25.7 Å². The first kappa shape index (κ1) is 15.5. The molecule has 3 rings (SSSR count). The lowest BCUT2D eigenvalue weighted by atomic mass is 10.2. The van der Waals surface area contributed by atoms with Crippen LogP contribution in [0.4, 0.5) is 0 Å². The molecule has 8 heteroatoms. The minimum atomic E-state index is -0.271. The van der Waals surface area contributed by atoms with Gasteiger partial charge in [0, 0.05) is 17.8 Å². The Morgan fingerprint density at radius 2 is 2.09 bits per heavy atom. The van der Waals surface area contributed by atoms with E-state index >= 15 is 0 Å². The molecule has 0 spiro atoms. The average Bonchev–Trinajstić information content (AvgIpc) is 3.07. The average molecular weight is 348 g/mol. The second kappa shape index (κ2) is 6.76. The summed E-state index contributed by atoms with van der Waals surface area (Å²) < 4.78 is 1.55. The van der Waals surface area contributed by atoms with Gasteiger partial charge in [-0.25, -0.2) is 14.6 Å². The van der Waals surface area contributed by atoms with Crippen molar-refractivity contribution in [1.82, 2.24) is 25.1 Å². The Hall–Kier alpha value is -2.44. The van der Waals surface area contributed by atoms with Crippen molar-refractivity contribution >= 4 is 29.1 Å². The standard InChI is InChI=1S/C15H11Cl2N5O/c16-11-2-3-12(13(17)5-11)15(23)20-7-10-1-4-14(19-6-10)22-9-18-8-21-22/h1-6,8-9H,7H2,(H,20,23). The van der Waals surface area contributed by atoms with Crippen molar-refractivity contribution in [3.8, 4) is 5.82 Å². The van der Waals surface area contributed by atoms with Crippen molar-refractivity contribution in [2.75, 3.05) is 0 Å². The number of amides is 1. The maximum atomic E-state index is 12.1. The summed E-state index contributed by atoms with van der Waals surface area (Å²) in [5, 5.41) is 7.58. The van der Waals surface area contributed by atoms with Gasteiger partial charge in [0.1, 0.15) is 12.7 Å². The Balaban J connectivity index is 1.65. The van der Waals surface area contributed by atoms with Crippen LogP contribution in [0.1, 0.15) is 15.9 Å². The zero-order valence-corrected chi connectivity index (χ0v) is 13.3. The van der Waals surface area contributed by atoms with Crippen molar-refractivity contribution < 1.29 is 4.79 Å². The number of nitrogens with one attached hydrogen (secondary N) is 1. The Morgan fingerprint density at radius 1 is 1.22 bits per heavy atom. The lowest BCUT2D eigenvalue weighted by Gasteiger charge is -2.07. The fourth-order valence-corrected chi connectivity index (χ4v) is 2.43. The van der Waals surface area contributed by atoms with E-state index in [2.05, 4.69) is 20.4 Å². The van der Waals surface area contributed by atoms with Crippen molar-refractivity contribution in [3.05, 3.63) is 70.4 Å². The number of benzene rings is 1. The van der Waals surface area contributed by atoms with Crippen LogP contribution in [0.2, 0.25) is 10.0 Å². The van der Waals surface area contributed by atoms with Crippen LogP contribution in [0, 0.1) is 0 Å². The Morgan fingerprint density at radius 3 is 2.74 bits per heavy atom. The topological polar surface area (TPSA) is 72.7 Å².